The monoisotopic (exact) mass is 460 g/mol. The normalized spacial score (nSPS) is 9.88. The predicted octanol–water partition coefficient (Wildman–Crippen LogP) is 4.29. The van der Waals surface area contributed by atoms with E-state index < -0.39 is 5.97 Å². The van der Waals surface area contributed by atoms with E-state index in [0.717, 1.165) is 0 Å². The van der Waals surface area contributed by atoms with Gasteiger partial charge < -0.3 is 15.4 Å². The topological polar surface area (TPSA) is 84.5 Å². The summed E-state index contributed by atoms with van der Waals surface area (Å²) in [6.45, 7) is 0.198. The third-order valence-electron chi connectivity index (χ3n) is 4.53. The summed E-state index contributed by atoms with van der Waals surface area (Å²) >= 11 is 5.81. The van der Waals surface area contributed by atoms with Crippen LogP contribution < -0.4 is 10.6 Å². The Hall–Kier alpha value is -4.08. The van der Waals surface area contributed by atoms with E-state index in [9.17, 15) is 14.4 Å². The highest BCUT2D eigenvalue weighted by molar-refractivity contribution is 6.30. The molecule has 0 aliphatic carbocycles. The van der Waals surface area contributed by atoms with E-state index in [1.54, 1.807) is 66.7 Å². The van der Waals surface area contributed by atoms with Crippen LogP contribution in [0.15, 0.2) is 72.8 Å². The van der Waals surface area contributed by atoms with Gasteiger partial charge in [0, 0.05) is 40.4 Å². The van der Waals surface area contributed by atoms with Crippen molar-refractivity contribution >= 4 is 35.1 Å². The van der Waals surface area contributed by atoms with Gasteiger partial charge in [-0.05, 0) is 60.7 Å². The zero-order valence-corrected chi connectivity index (χ0v) is 18.6. The van der Waals surface area contributed by atoms with Crippen LogP contribution in [-0.2, 0) is 9.53 Å². The molecule has 6 nitrogen and oxygen atoms in total. The van der Waals surface area contributed by atoms with Crippen molar-refractivity contribution in [3.05, 3.63) is 100 Å². The average molecular weight is 461 g/mol. The molecule has 2 amide bonds. The number of esters is 1. The molecule has 0 saturated carbocycles. The Morgan fingerprint density at radius 3 is 2.24 bits per heavy atom. The highest BCUT2D eigenvalue weighted by atomic mass is 35.5. The second-order valence-electron chi connectivity index (χ2n) is 6.96. The maximum Gasteiger partial charge on any atom is 0.337 e. The minimum atomic E-state index is -0.423. The summed E-state index contributed by atoms with van der Waals surface area (Å²) in [6.07, 6.45) is 0.121. The molecule has 0 aliphatic rings. The van der Waals surface area contributed by atoms with Crippen LogP contribution in [0.4, 0.5) is 5.69 Å². The maximum atomic E-state index is 12.2. The Balaban J connectivity index is 1.54. The number of anilines is 1. The Labute approximate surface area is 196 Å². The molecule has 0 heterocycles. The molecule has 0 radical (unpaired) electrons. The number of carbonyl (C=O) groups is 3. The van der Waals surface area contributed by atoms with Gasteiger partial charge in [-0.1, -0.05) is 35.6 Å². The Morgan fingerprint density at radius 2 is 1.55 bits per heavy atom. The lowest BCUT2D eigenvalue weighted by molar-refractivity contribution is -0.116. The molecule has 166 valence electrons. The first kappa shape index (κ1) is 23.6. The van der Waals surface area contributed by atoms with Gasteiger partial charge in [-0.2, -0.15) is 0 Å². The van der Waals surface area contributed by atoms with E-state index in [2.05, 4.69) is 22.5 Å². The van der Waals surface area contributed by atoms with Crippen molar-refractivity contribution < 1.29 is 19.1 Å². The van der Waals surface area contributed by atoms with Gasteiger partial charge in [-0.3, -0.25) is 9.59 Å². The fourth-order valence-electron chi connectivity index (χ4n) is 2.88. The lowest BCUT2D eigenvalue weighted by atomic mass is 10.1. The molecule has 0 fully saturated rings. The smallest absolute Gasteiger partial charge is 0.337 e. The van der Waals surface area contributed by atoms with Crippen LogP contribution in [0.3, 0.4) is 0 Å². The zero-order valence-electron chi connectivity index (χ0n) is 17.9. The number of methoxy groups -OCH3 is 1. The van der Waals surface area contributed by atoms with E-state index in [0.29, 0.717) is 33.0 Å². The second-order valence-corrected chi connectivity index (χ2v) is 7.40. The molecule has 0 bridgehead atoms. The highest BCUT2D eigenvalue weighted by Crippen LogP contribution is 2.12. The van der Waals surface area contributed by atoms with Crippen LogP contribution in [0.2, 0.25) is 5.02 Å². The lowest BCUT2D eigenvalue weighted by Gasteiger charge is -2.07. The molecule has 0 aliphatic heterocycles. The van der Waals surface area contributed by atoms with Crippen molar-refractivity contribution in [2.45, 2.75) is 6.42 Å². The second kappa shape index (κ2) is 11.5. The molecule has 7 heteroatoms. The Kier molecular flexibility index (Phi) is 8.23. The minimum absolute atomic E-state index is 0.121. The summed E-state index contributed by atoms with van der Waals surface area (Å²) in [5, 5.41) is 6.05. The average Bonchev–Trinajstić information content (AvgIpc) is 2.83. The van der Waals surface area contributed by atoms with Gasteiger partial charge in [0.25, 0.3) is 5.91 Å². The van der Waals surface area contributed by atoms with Crippen molar-refractivity contribution in [1.29, 1.82) is 0 Å². The summed E-state index contributed by atoms with van der Waals surface area (Å²) in [4.78, 5) is 36.0. The fourth-order valence-corrected chi connectivity index (χ4v) is 3.00. The van der Waals surface area contributed by atoms with E-state index in [-0.39, 0.29) is 24.8 Å². The van der Waals surface area contributed by atoms with Crippen molar-refractivity contribution in [1.82, 2.24) is 5.32 Å². The number of hydrogen-bond donors (Lipinski definition) is 2. The minimum Gasteiger partial charge on any atom is -0.465 e. The molecular weight excluding hydrogens is 440 g/mol. The van der Waals surface area contributed by atoms with Gasteiger partial charge in [-0.25, -0.2) is 4.79 Å². The first-order chi connectivity index (χ1) is 15.9. The van der Waals surface area contributed by atoms with E-state index in [1.165, 1.54) is 7.11 Å². The van der Waals surface area contributed by atoms with E-state index in [1.807, 2.05) is 6.07 Å². The third kappa shape index (κ3) is 7.23. The summed E-state index contributed by atoms with van der Waals surface area (Å²) < 4.78 is 4.72. The quantitative estimate of drug-likeness (QED) is 0.424. The van der Waals surface area contributed by atoms with Gasteiger partial charge in [-0.15, -0.1) is 0 Å². The van der Waals surface area contributed by atoms with Crippen LogP contribution in [0.25, 0.3) is 0 Å². The van der Waals surface area contributed by atoms with Crippen LogP contribution in [0, 0.1) is 11.8 Å². The SMILES string of the molecule is COC(=O)c1cccc(C#Cc2cccc(NC(=O)CCNC(=O)c3ccc(Cl)cc3)c2)c1. The summed E-state index contributed by atoms with van der Waals surface area (Å²) in [5.41, 5.74) is 2.87. The molecule has 0 saturated heterocycles. The van der Waals surface area contributed by atoms with Crippen molar-refractivity contribution in [3.8, 4) is 11.8 Å². The number of hydrogen-bond acceptors (Lipinski definition) is 4. The number of amides is 2. The Morgan fingerprint density at radius 1 is 0.879 bits per heavy atom. The highest BCUT2D eigenvalue weighted by Gasteiger charge is 2.07. The van der Waals surface area contributed by atoms with Gasteiger partial charge in [0.05, 0.1) is 12.7 Å². The summed E-state index contributed by atoms with van der Waals surface area (Å²) in [5.74, 6) is 5.09. The van der Waals surface area contributed by atoms with Crippen molar-refractivity contribution in [3.63, 3.8) is 0 Å². The summed E-state index contributed by atoms with van der Waals surface area (Å²) in [7, 11) is 1.33. The third-order valence-corrected chi connectivity index (χ3v) is 4.78. The number of ether oxygens (including phenoxy) is 1. The molecule has 0 unspecified atom stereocenters. The molecule has 0 atom stereocenters. The zero-order chi connectivity index (χ0) is 23.6. The predicted molar refractivity (Wildman–Crippen MR) is 127 cm³/mol. The number of halogens is 1. The van der Waals surface area contributed by atoms with E-state index in [4.69, 9.17) is 16.3 Å². The standard InChI is InChI=1S/C26H21ClN2O4/c1-33-26(32)21-6-2-4-18(16-21)8-9-19-5-3-7-23(17-19)29-24(30)14-15-28-25(31)20-10-12-22(27)13-11-20/h2-7,10-13,16-17H,14-15H2,1H3,(H,28,31)(H,29,30). The number of rotatable bonds is 6. The van der Waals surface area contributed by atoms with Gasteiger partial charge in [0.1, 0.15) is 0 Å². The van der Waals surface area contributed by atoms with Gasteiger partial charge >= 0.3 is 5.97 Å². The molecule has 3 aromatic rings. The van der Waals surface area contributed by atoms with Crippen LogP contribution in [0.5, 0.6) is 0 Å². The lowest BCUT2D eigenvalue weighted by Crippen LogP contribution is -2.27. The number of carbonyl (C=O) groups excluding carboxylic acids is 3. The number of benzene rings is 3. The molecular formula is C26H21ClN2O4. The maximum absolute atomic E-state index is 12.2. The van der Waals surface area contributed by atoms with Crippen LogP contribution in [-0.4, -0.2) is 31.4 Å². The first-order valence-electron chi connectivity index (χ1n) is 10.1. The molecule has 3 rings (SSSR count). The largest absolute Gasteiger partial charge is 0.465 e. The molecule has 3 aromatic carbocycles. The van der Waals surface area contributed by atoms with Crippen molar-refractivity contribution in [2.75, 3.05) is 19.0 Å². The summed E-state index contributed by atoms with van der Waals surface area (Å²) in [6, 6.07) is 20.5. The molecule has 0 aromatic heterocycles. The van der Waals surface area contributed by atoms with Crippen molar-refractivity contribution in [2.24, 2.45) is 0 Å². The number of nitrogens with one attached hydrogen (secondary N) is 2. The van der Waals surface area contributed by atoms with Crippen LogP contribution in [0.1, 0.15) is 38.3 Å². The molecule has 2 N–H and O–H groups in total. The van der Waals surface area contributed by atoms with Gasteiger partial charge in [0.15, 0.2) is 0 Å². The fraction of sp³-hybridized carbons (Fsp3) is 0.115. The molecule has 0 spiro atoms. The van der Waals surface area contributed by atoms with E-state index >= 15 is 0 Å². The Bertz CT molecular complexity index is 1230. The van der Waals surface area contributed by atoms with Gasteiger partial charge in [0.2, 0.25) is 5.91 Å². The van der Waals surface area contributed by atoms with Crippen LogP contribution >= 0.6 is 11.6 Å². The molecule has 33 heavy (non-hydrogen) atoms. The first-order valence-corrected chi connectivity index (χ1v) is 10.5.